The zero-order valence-corrected chi connectivity index (χ0v) is 20.5. The Morgan fingerprint density at radius 3 is 2.69 bits per heavy atom. The first-order chi connectivity index (χ1) is 17.5. The van der Waals surface area contributed by atoms with Gasteiger partial charge in [0.25, 0.3) is 5.91 Å². The number of pyridine rings is 2. The van der Waals surface area contributed by atoms with Gasteiger partial charge in [-0.05, 0) is 61.4 Å². The van der Waals surface area contributed by atoms with Gasteiger partial charge in [-0.3, -0.25) is 9.48 Å². The van der Waals surface area contributed by atoms with Crippen molar-refractivity contribution >= 4 is 28.3 Å². The molecule has 4 aromatic rings. The summed E-state index contributed by atoms with van der Waals surface area (Å²) in [5, 5.41) is 9.58. The molecular weight excluding hydrogens is 457 g/mol. The number of carbonyl (C=O) groups excluding carboxylic acids is 1. The summed E-state index contributed by atoms with van der Waals surface area (Å²) in [5.41, 5.74) is 8.98. The summed E-state index contributed by atoms with van der Waals surface area (Å²) in [6.45, 7) is 6.05. The quantitative estimate of drug-likeness (QED) is 0.366. The minimum absolute atomic E-state index is 0.168. The van der Waals surface area contributed by atoms with E-state index in [1.807, 2.05) is 43.0 Å². The van der Waals surface area contributed by atoms with Crippen LogP contribution in [0.25, 0.3) is 10.8 Å². The van der Waals surface area contributed by atoms with Crippen molar-refractivity contribution in [2.24, 2.45) is 0 Å². The second-order valence-corrected chi connectivity index (χ2v) is 9.16. The van der Waals surface area contributed by atoms with Crippen molar-refractivity contribution < 1.29 is 9.18 Å². The molecule has 0 spiro atoms. The van der Waals surface area contributed by atoms with E-state index in [0.717, 1.165) is 34.9 Å². The number of fused-ring (bicyclic) bond motifs is 1. The van der Waals surface area contributed by atoms with Gasteiger partial charge in [0.2, 0.25) is 0 Å². The number of anilines is 2. The largest absolute Gasteiger partial charge is 0.383 e. The van der Waals surface area contributed by atoms with Crippen LogP contribution in [0, 0.1) is 5.82 Å². The second-order valence-electron chi connectivity index (χ2n) is 9.16. The molecule has 5 rings (SSSR count). The van der Waals surface area contributed by atoms with Crippen molar-refractivity contribution in [1.82, 2.24) is 25.1 Å². The third-order valence-electron chi connectivity index (χ3n) is 6.60. The normalized spacial score (nSPS) is 13.2. The molecule has 36 heavy (non-hydrogen) atoms. The molecule has 1 aliphatic rings. The third-order valence-corrected chi connectivity index (χ3v) is 6.60. The van der Waals surface area contributed by atoms with Crippen molar-refractivity contribution in [2.75, 3.05) is 23.7 Å². The van der Waals surface area contributed by atoms with Gasteiger partial charge in [-0.25, -0.2) is 14.4 Å². The fraction of sp³-hybridized carbons (Fsp3) is 0.333. The fourth-order valence-corrected chi connectivity index (χ4v) is 4.49. The number of amides is 1. The van der Waals surface area contributed by atoms with Crippen molar-refractivity contribution in [3.05, 3.63) is 77.1 Å². The van der Waals surface area contributed by atoms with Crippen LogP contribution in [0.1, 0.15) is 59.8 Å². The molecule has 0 unspecified atom stereocenters. The van der Waals surface area contributed by atoms with Crippen LogP contribution in [0.2, 0.25) is 0 Å². The van der Waals surface area contributed by atoms with Gasteiger partial charge in [0.15, 0.2) is 11.6 Å². The zero-order chi connectivity index (χ0) is 25.2. The first-order valence-electron chi connectivity index (χ1n) is 12.3. The number of nitrogens with zero attached hydrogens (tertiary/aromatic N) is 5. The van der Waals surface area contributed by atoms with Crippen LogP contribution in [-0.2, 0) is 13.1 Å². The van der Waals surface area contributed by atoms with E-state index >= 15 is 0 Å². The number of rotatable bonds is 9. The number of nitrogens with one attached hydrogen (secondary N) is 1. The van der Waals surface area contributed by atoms with Crippen LogP contribution < -0.4 is 16.0 Å². The van der Waals surface area contributed by atoms with Crippen molar-refractivity contribution in [3.63, 3.8) is 0 Å². The molecule has 0 radical (unpaired) electrons. The summed E-state index contributed by atoms with van der Waals surface area (Å²) in [4.78, 5) is 23.4. The minimum atomic E-state index is -0.350. The van der Waals surface area contributed by atoms with Gasteiger partial charge in [-0.2, -0.15) is 5.10 Å². The summed E-state index contributed by atoms with van der Waals surface area (Å²) >= 11 is 0. The van der Waals surface area contributed by atoms with Crippen LogP contribution in [-0.4, -0.2) is 38.7 Å². The van der Waals surface area contributed by atoms with E-state index in [1.165, 1.54) is 6.07 Å². The molecule has 0 atom stereocenters. The molecule has 3 aromatic heterocycles. The highest BCUT2D eigenvalue weighted by molar-refractivity contribution is 5.95. The number of hydrogen-bond acceptors (Lipinski definition) is 6. The molecule has 186 valence electrons. The van der Waals surface area contributed by atoms with Gasteiger partial charge in [0.1, 0.15) is 5.82 Å². The lowest BCUT2D eigenvalue weighted by molar-refractivity contribution is 0.0950. The molecule has 3 heterocycles. The third kappa shape index (κ3) is 4.86. The first-order valence-corrected chi connectivity index (χ1v) is 12.3. The molecule has 1 saturated carbocycles. The maximum absolute atomic E-state index is 14.7. The molecule has 3 N–H and O–H groups in total. The fourth-order valence-electron chi connectivity index (χ4n) is 4.49. The predicted molar refractivity (Wildman–Crippen MR) is 138 cm³/mol. The summed E-state index contributed by atoms with van der Waals surface area (Å²) < 4.78 is 16.4. The SMILES string of the molecule is CCN(CC)c1ncc(Cn2cc(C(=O)NCc3ccc4c(N)nccc4c3)c(C3CC3)n2)cc1F. The van der Waals surface area contributed by atoms with Gasteiger partial charge in [0.05, 0.1) is 17.8 Å². The highest BCUT2D eigenvalue weighted by Crippen LogP contribution is 2.40. The van der Waals surface area contributed by atoms with Crippen molar-refractivity contribution in [2.45, 2.75) is 45.7 Å². The van der Waals surface area contributed by atoms with E-state index in [1.54, 1.807) is 23.3 Å². The number of carbonyl (C=O) groups is 1. The van der Waals surface area contributed by atoms with Gasteiger partial charge < -0.3 is 16.0 Å². The molecule has 9 heteroatoms. The molecule has 1 amide bonds. The number of hydrogen-bond donors (Lipinski definition) is 2. The lowest BCUT2D eigenvalue weighted by Gasteiger charge is -2.20. The number of nitrogens with two attached hydrogens (primary N) is 1. The van der Waals surface area contributed by atoms with Crippen LogP contribution >= 0.6 is 0 Å². The van der Waals surface area contributed by atoms with Crippen LogP contribution in [0.4, 0.5) is 16.0 Å². The van der Waals surface area contributed by atoms with Crippen molar-refractivity contribution in [1.29, 1.82) is 0 Å². The van der Waals surface area contributed by atoms with Gasteiger partial charge >= 0.3 is 0 Å². The Balaban J connectivity index is 1.31. The van der Waals surface area contributed by atoms with Crippen LogP contribution in [0.3, 0.4) is 0 Å². The zero-order valence-electron chi connectivity index (χ0n) is 20.5. The molecule has 1 aliphatic carbocycles. The van der Waals surface area contributed by atoms with Gasteiger partial charge in [-0.1, -0.05) is 12.1 Å². The van der Waals surface area contributed by atoms with E-state index < -0.39 is 0 Å². The Bertz CT molecular complexity index is 1410. The molecule has 0 bridgehead atoms. The lowest BCUT2D eigenvalue weighted by atomic mass is 10.1. The Kier molecular flexibility index (Phi) is 6.54. The summed E-state index contributed by atoms with van der Waals surface area (Å²) in [6.07, 6.45) is 7.15. The lowest BCUT2D eigenvalue weighted by Crippen LogP contribution is -2.24. The Labute approximate surface area is 209 Å². The summed E-state index contributed by atoms with van der Waals surface area (Å²) in [7, 11) is 0. The summed E-state index contributed by atoms with van der Waals surface area (Å²) in [6, 6.07) is 9.27. The Morgan fingerprint density at radius 1 is 1.17 bits per heavy atom. The topological polar surface area (TPSA) is 102 Å². The van der Waals surface area contributed by atoms with Crippen molar-refractivity contribution in [3.8, 4) is 0 Å². The predicted octanol–water partition coefficient (Wildman–Crippen LogP) is 4.25. The smallest absolute Gasteiger partial charge is 0.255 e. The Hall–Kier alpha value is -4.01. The van der Waals surface area contributed by atoms with Gasteiger partial charge in [0, 0.05) is 49.5 Å². The molecule has 0 saturated heterocycles. The average molecular weight is 488 g/mol. The standard InChI is InChI=1S/C27H30FN7O/c1-3-34(4-2)26-23(28)12-18(14-31-26)15-35-16-22(24(33-35)19-6-7-19)27(36)32-13-17-5-8-21-20(11-17)9-10-30-25(21)29/h5,8-12,14,16,19H,3-4,6-7,13,15H2,1-2H3,(H2,29,30)(H,32,36). The highest BCUT2D eigenvalue weighted by Gasteiger charge is 2.31. The van der Waals surface area contributed by atoms with E-state index in [-0.39, 0.29) is 11.7 Å². The van der Waals surface area contributed by atoms with Gasteiger partial charge in [-0.15, -0.1) is 0 Å². The highest BCUT2D eigenvalue weighted by atomic mass is 19.1. The monoisotopic (exact) mass is 487 g/mol. The number of halogens is 1. The van der Waals surface area contributed by atoms with Crippen LogP contribution in [0.5, 0.6) is 0 Å². The van der Waals surface area contributed by atoms with Crippen LogP contribution in [0.15, 0.2) is 48.9 Å². The summed E-state index contributed by atoms with van der Waals surface area (Å²) in [5.74, 6) is 0.622. The van der Waals surface area contributed by atoms with E-state index in [9.17, 15) is 9.18 Å². The molecule has 1 fully saturated rings. The molecule has 0 aliphatic heterocycles. The molecular formula is C27H30FN7O. The second kappa shape index (κ2) is 9.93. The maximum atomic E-state index is 14.7. The Morgan fingerprint density at radius 2 is 1.97 bits per heavy atom. The maximum Gasteiger partial charge on any atom is 0.255 e. The number of nitrogen functional groups attached to an aromatic ring is 1. The average Bonchev–Trinajstić information content (AvgIpc) is 3.64. The first kappa shape index (κ1) is 23.7. The van der Waals surface area contributed by atoms with E-state index in [0.29, 0.717) is 54.9 Å². The molecule has 1 aromatic carbocycles. The van der Waals surface area contributed by atoms with E-state index in [2.05, 4.69) is 20.4 Å². The number of benzene rings is 1. The minimum Gasteiger partial charge on any atom is -0.383 e. The molecule has 8 nitrogen and oxygen atoms in total. The number of aromatic nitrogens is 4. The van der Waals surface area contributed by atoms with E-state index in [4.69, 9.17) is 5.73 Å².